The molecule has 3 N–H and O–H groups in total. The molecule has 1 saturated carbocycles. The van der Waals surface area contributed by atoms with Gasteiger partial charge in [0.15, 0.2) is 5.96 Å². The Balaban J connectivity index is 1.91. The lowest BCUT2D eigenvalue weighted by molar-refractivity contribution is 0.296. The van der Waals surface area contributed by atoms with Crippen molar-refractivity contribution in [3.63, 3.8) is 0 Å². The van der Waals surface area contributed by atoms with Crippen LogP contribution in [0.1, 0.15) is 37.8 Å². The Morgan fingerprint density at radius 2 is 2.00 bits per heavy atom. The summed E-state index contributed by atoms with van der Waals surface area (Å²) in [6, 6.07) is 6.19. The van der Waals surface area contributed by atoms with E-state index in [0.29, 0.717) is 25.0 Å². The smallest absolute Gasteiger partial charge is 0.209 e. The molecule has 2 rings (SSSR count). The van der Waals surface area contributed by atoms with Crippen LogP contribution in [-0.4, -0.2) is 46.4 Å². The highest BCUT2D eigenvalue weighted by Crippen LogP contribution is 2.30. The van der Waals surface area contributed by atoms with E-state index in [2.05, 4.69) is 45.5 Å². The zero-order valence-corrected chi connectivity index (χ0v) is 17.7. The Bertz CT molecular complexity index is 771. The summed E-state index contributed by atoms with van der Waals surface area (Å²) in [6.45, 7) is 7.43. The van der Waals surface area contributed by atoms with Gasteiger partial charge in [-0.1, -0.05) is 12.1 Å². The van der Waals surface area contributed by atoms with Gasteiger partial charge in [0.05, 0.1) is 12.9 Å². The molecule has 0 bridgehead atoms. The first-order chi connectivity index (χ1) is 12.6. The van der Waals surface area contributed by atoms with E-state index in [0.717, 1.165) is 24.2 Å². The number of rotatable bonds is 9. The summed E-state index contributed by atoms with van der Waals surface area (Å²) in [5.41, 5.74) is 1.60. The third kappa shape index (κ3) is 8.17. The summed E-state index contributed by atoms with van der Waals surface area (Å²) in [6.07, 6.45) is 3.67. The van der Waals surface area contributed by atoms with E-state index in [4.69, 9.17) is 4.74 Å². The van der Waals surface area contributed by atoms with Crippen LogP contribution in [0.3, 0.4) is 0 Å². The number of ether oxygens (including phenoxy) is 1. The lowest BCUT2D eigenvalue weighted by Gasteiger charge is -2.26. The Morgan fingerprint density at radius 1 is 1.30 bits per heavy atom. The largest absolute Gasteiger partial charge is 0.493 e. The summed E-state index contributed by atoms with van der Waals surface area (Å²) in [5, 5.41) is 6.43. The van der Waals surface area contributed by atoms with E-state index in [1.807, 2.05) is 13.8 Å². The number of hydrogen-bond acceptors (Lipinski definition) is 4. The number of nitrogens with zero attached hydrogens (tertiary/aromatic N) is 1. The first-order valence-corrected chi connectivity index (χ1v) is 11.1. The van der Waals surface area contributed by atoms with Crippen LogP contribution in [0, 0.1) is 12.8 Å². The quantitative estimate of drug-likeness (QED) is 0.437. The van der Waals surface area contributed by atoms with Gasteiger partial charge in [-0.05, 0) is 51.2 Å². The number of benzene rings is 1. The molecule has 0 unspecified atom stereocenters. The van der Waals surface area contributed by atoms with E-state index < -0.39 is 15.6 Å². The topological polar surface area (TPSA) is 91.8 Å². The van der Waals surface area contributed by atoms with Crippen LogP contribution >= 0.6 is 0 Å². The van der Waals surface area contributed by atoms with Gasteiger partial charge in [0.2, 0.25) is 10.0 Å². The molecule has 0 amide bonds. The minimum Gasteiger partial charge on any atom is -0.493 e. The molecule has 7 nitrogen and oxygen atoms in total. The van der Waals surface area contributed by atoms with Crippen molar-refractivity contribution < 1.29 is 13.2 Å². The summed E-state index contributed by atoms with van der Waals surface area (Å²) in [4.78, 5) is 4.21. The highest BCUT2D eigenvalue weighted by atomic mass is 32.2. The van der Waals surface area contributed by atoms with Crippen molar-refractivity contribution in [1.82, 2.24) is 15.4 Å². The van der Waals surface area contributed by atoms with Gasteiger partial charge in [0, 0.05) is 31.2 Å². The fraction of sp³-hybridized carbons (Fsp3) is 0.632. The molecule has 0 spiro atoms. The van der Waals surface area contributed by atoms with Gasteiger partial charge in [-0.15, -0.1) is 0 Å². The van der Waals surface area contributed by atoms with Crippen molar-refractivity contribution in [2.75, 3.05) is 26.5 Å². The summed E-state index contributed by atoms with van der Waals surface area (Å²) < 4.78 is 31.5. The van der Waals surface area contributed by atoms with Crippen molar-refractivity contribution in [2.45, 2.75) is 45.7 Å². The first-order valence-electron chi connectivity index (χ1n) is 9.24. The van der Waals surface area contributed by atoms with Crippen LogP contribution in [0.4, 0.5) is 0 Å². The molecule has 0 saturated heterocycles. The average Bonchev–Trinajstić information content (AvgIpc) is 3.36. The van der Waals surface area contributed by atoms with Crippen LogP contribution in [0.25, 0.3) is 0 Å². The van der Waals surface area contributed by atoms with Crippen LogP contribution in [-0.2, 0) is 16.6 Å². The van der Waals surface area contributed by atoms with Gasteiger partial charge in [-0.2, -0.15) is 0 Å². The van der Waals surface area contributed by atoms with Gasteiger partial charge < -0.3 is 15.4 Å². The predicted octanol–water partition coefficient (Wildman–Crippen LogP) is 1.78. The third-order valence-electron chi connectivity index (χ3n) is 4.22. The predicted molar refractivity (Wildman–Crippen MR) is 110 cm³/mol. The highest BCUT2D eigenvalue weighted by molar-refractivity contribution is 7.88. The van der Waals surface area contributed by atoms with E-state index in [1.165, 1.54) is 18.4 Å². The Morgan fingerprint density at radius 3 is 2.59 bits per heavy atom. The van der Waals surface area contributed by atoms with Crippen molar-refractivity contribution >= 4 is 16.0 Å². The molecule has 1 aliphatic rings. The Hall–Kier alpha value is -1.80. The number of hydrogen-bond donors (Lipinski definition) is 3. The average molecular weight is 397 g/mol. The molecule has 0 aliphatic heterocycles. The van der Waals surface area contributed by atoms with Crippen LogP contribution in [0.2, 0.25) is 0 Å². The zero-order valence-electron chi connectivity index (χ0n) is 16.9. The van der Waals surface area contributed by atoms with Crippen molar-refractivity contribution in [3.05, 3.63) is 29.3 Å². The van der Waals surface area contributed by atoms with Gasteiger partial charge in [0.1, 0.15) is 5.75 Å². The lowest BCUT2D eigenvalue weighted by Crippen LogP contribution is -2.52. The number of aryl methyl sites for hydroxylation is 1. The van der Waals surface area contributed by atoms with Gasteiger partial charge in [-0.25, -0.2) is 13.1 Å². The molecule has 0 radical (unpaired) electrons. The minimum atomic E-state index is -3.28. The Kier molecular flexibility index (Phi) is 7.11. The first kappa shape index (κ1) is 21.5. The molecule has 0 heterocycles. The van der Waals surface area contributed by atoms with Crippen molar-refractivity contribution in [3.8, 4) is 5.75 Å². The normalized spacial score (nSPS) is 15.5. The molecule has 0 aromatic heterocycles. The summed E-state index contributed by atoms with van der Waals surface area (Å²) >= 11 is 0. The molecular formula is C19H32N4O3S. The fourth-order valence-electron chi connectivity index (χ4n) is 2.68. The molecule has 1 fully saturated rings. The maximum absolute atomic E-state index is 11.5. The molecule has 0 atom stereocenters. The van der Waals surface area contributed by atoms with E-state index in [-0.39, 0.29) is 0 Å². The molecule has 1 aliphatic carbocycles. The van der Waals surface area contributed by atoms with Crippen molar-refractivity contribution in [1.29, 1.82) is 0 Å². The number of aliphatic imine (C=N–C) groups is 1. The molecule has 27 heavy (non-hydrogen) atoms. The number of guanidine groups is 1. The van der Waals surface area contributed by atoms with Crippen LogP contribution < -0.4 is 20.1 Å². The maximum atomic E-state index is 11.5. The van der Waals surface area contributed by atoms with Crippen molar-refractivity contribution in [2.24, 2.45) is 10.9 Å². The monoisotopic (exact) mass is 396 g/mol. The number of sulfonamides is 1. The summed E-state index contributed by atoms with van der Waals surface area (Å²) in [7, 11) is -1.59. The third-order valence-corrected chi connectivity index (χ3v) is 5.15. The molecule has 8 heteroatoms. The second kappa shape index (κ2) is 8.93. The van der Waals surface area contributed by atoms with E-state index >= 15 is 0 Å². The highest BCUT2D eigenvalue weighted by Gasteiger charge is 2.23. The van der Waals surface area contributed by atoms with E-state index in [1.54, 1.807) is 7.05 Å². The summed E-state index contributed by atoms with van der Waals surface area (Å²) in [5.74, 6) is 2.21. The standard InChI is InChI=1S/C19H32N4O3S/c1-14-6-9-16(17(10-14)26-12-15-7-8-15)11-21-18(20-4)22-13-19(2,3)23-27(5,24)25/h6,9-10,15,23H,7-8,11-13H2,1-5H3,(H2,20,21,22). The Labute approximate surface area is 163 Å². The second-order valence-electron chi connectivity index (χ2n) is 7.90. The SMILES string of the molecule is CN=C(NCc1ccc(C)cc1OCC1CC1)NCC(C)(C)NS(C)(=O)=O. The fourth-order valence-corrected chi connectivity index (χ4v) is 3.75. The van der Waals surface area contributed by atoms with Gasteiger partial charge in [-0.3, -0.25) is 4.99 Å². The molecule has 152 valence electrons. The minimum absolute atomic E-state index is 0.401. The van der Waals surface area contributed by atoms with Gasteiger partial charge >= 0.3 is 0 Å². The number of nitrogens with one attached hydrogen (secondary N) is 3. The second-order valence-corrected chi connectivity index (χ2v) is 9.65. The molecule has 1 aromatic carbocycles. The van der Waals surface area contributed by atoms with E-state index in [9.17, 15) is 8.42 Å². The van der Waals surface area contributed by atoms with Crippen LogP contribution in [0.15, 0.2) is 23.2 Å². The van der Waals surface area contributed by atoms with Gasteiger partial charge in [0.25, 0.3) is 0 Å². The lowest BCUT2D eigenvalue weighted by atomic mass is 10.1. The maximum Gasteiger partial charge on any atom is 0.209 e. The molecular weight excluding hydrogens is 364 g/mol. The zero-order chi connectivity index (χ0) is 20.1. The van der Waals surface area contributed by atoms with Crippen LogP contribution in [0.5, 0.6) is 5.75 Å². The molecule has 1 aromatic rings.